The van der Waals surface area contributed by atoms with Crippen molar-refractivity contribution in [3.8, 4) is 11.6 Å². The number of ether oxygens (including phenoxy) is 3. The Kier molecular flexibility index (Phi) is 10.3. The molecule has 2 aromatic carbocycles. The van der Waals surface area contributed by atoms with Gasteiger partial charge in [-0.05, 0) is 106 Å². The molecule has 0 amide bonds. The zero-order valence-corrected chi connectivity index (χ0v) is 28.5. The third-order valence-electron chi connectivity index (χ3n) is 9.79. The third kappa shape index (κ3) is 7.40. The molecule has 0 N–H and O–H groups in total. The van der Waals surface area contributed by atoms with Crippen LogP contribution in [0.3, 0.4) is 0 Å². The minimum absolute atomic E-state index is 0.192. The van der Waals surface area contributed by atoms with Gasteiger partial charge in [-0.25, -0.2) is 17.8 Å². The molecule has 4 heterocycles. The van der Waals surface area contributed by atoms with Crippen LogP contribution < -0.4 is 14.4 Å². The molecule has 47 heavy (non-hydrogen) atoms. The Morgan fingerprint density at radius 1 is 0.979 bits per heavy atom. The maximum atomic E-state index is 14.3. The highest BCUT2D eigenvalue weighted by Crippen LogP contribution is 2.38. The number of aromatic nitrogens is 2. The van der Waals surface area contributed by atoms with E-state index in [0.717, 1.165) is 31.6 Å². The van der Waals surface area contributed by atoms with Crippen LogP contribution in [-0.2, 0) is 20.4 Å². The quantitative estimate of drug-likeness (QED) is 0.262. The highest BCUT2D eigenvalue weighted by molar-refractivity contribution is 7.89. The van der Waals surface area contributed by atoms with Gasteiger partial charge in [-0.2, -0.15) is 9.29 Å². The SMILES string of the molecule is COc1cc(C)c(S(=O)(=O)N2CCC[C@H]2COc2ccnc(N3CCC(OCCN4CCCC4)(c4cccc(F)c4)CC3)n2)c(C)c1. The summed E-state index contributed by atoms with van der Waals surface area (Å²) < 4.78 is 61.6. The van der Waals surface area contributed by atoms with Gasteiger partial charge >= 0.3 is 0 Å². The van der Waals surface area contributed by atoms with E-state index in [-0.39, 0.29) is 18.5 Å². The van der Waals surface area contributed by atoms with Crippen molar-refractivity contribution in [1.29, 1.82) is 0 Å². The van der Waals surface area contributed by atoms with Crippen molar-refractivity contribution in [2.24, 2.45) is 0 Å². The van der Waals surface area contributed by atoms with Crippen LogP contribution in [0.25, 0.3) is 0 Å². The molecule has 3 aliphatic rings. The first-order valence-electron chi connectivity index (χ1n) is 16.7. The molecule has 10 nitrogen and oxygen atoms in total. The fourth-order valence-corrected chi connectivity index (χ4v) is 9.42. The zero-order chi connectivity index (χ0) is 33.0. The van der Waals surface area contributed by atoms with E-state index in [4.69, 9.17) is 19.2 Å². The first-order valence-corrected chi connectivity index (χ1v) is 18.1. The van der Waals surface area contributed by atoms with Crippen molar-refractivity contribution >= 4 is 16.0 Å². The van der Waals surface area contributed by atoms with Gasteiger partial charge in [0.25, 0.3) is 0 Å². The van der Waals surface area contributed by atoms with Crippen LogP contribution >= 0.6 is 0 Å². The lowest BCUT2D eigenvalue weighted by Gasteiger charge is -2.42. The van der Waals surface area contributed by atoms with Gasteiger partial charge in [0.05, 0.1) is 30.3 Å². The van der Waals surface area contributed by atoms with E-state index in [0.29, 0.717) is 79.1 Å². The number of likely N-dealkylation sites (tertiary alicyclic amines) is 1. The number of aryl methyl sites for hydroxylation is 2. The summed E-state index contributed by atoms with van der Waals surface area (Å²) in [5, 5.41) is 0. The van der Waals surface area contributed by atoms with Gasteiger partial charge in [-0.15, -0.1) is 0 Å². The molecule has 6 rings (SSSR count). The monoisotopic (exact) mass is 667 g/mol. The number of hydrogen-bond acceptors (Lipinski definition) is 9. The Morgan fingerprint density at radius 3 is 2.43 bits per heavy atom. The topological polar surface area (TPSA) is 97.3 Å². The number of benzene rings is 2. The molecule has 3 aliphatic heterocycles. The summed E-state index contributed by atoms with van der Waals surface area (Å²) in [6.07, 6.45) is 6.94. The molecule has 0 aliphatic carbocycles. The largest absolute Gasteiger partial charge is 0.497 e. The van der Waals surface area contributed by atoms with E-state index in [1.54, 1.807) is 61.8 Å². The van der Waals surface area contributed by atoms with Crippen molar-refractivity contribution in [3.63, 3.8) is 0 Å². The minimum atomic E-state index is -3.73. The van der Waals surface area contributed by atoms with Crippen LogP contribution in [0.5, 0.6) is 11.6 Å². The average molecular weight is 668 g/mol. The number of rotatable bonds is 12. The maximum absolute atomic E-state index is 14.3. The summed E-state index contributed by atoms with van der Waals surface area (Å²) >= 11 is 0. The molecule has 254 valence electrons. The summed E-state index contributed by atoms with van der Waals surface area (Å²) in [6, 6.07) is 11.7. The molecule has 12 heteroatoms. The number of nitrogens with zero attached hydrogens (tertiary/aromatic N) is 5. The van der Waals surface area contributed by atoms with Gasteiger partial charge in [-0.3, -0.25) is 0 Å². The van der Waals surface area contributed by atoms with Crippen molar-refractivity contribution in [2.45, 2.75) is 68.9 Å². The molecule has 0 bridgehead atoms. The third-order valence-corrected chi connectivity index (χ3v) is 12.0. The predicted octanol–water partition coefficient (Wildman–Crippen LogP) is 5.08. The summed E-state index contributed by atoms with van der Waals surface area (Å²) in [7, 11) is -2.16. The Balaban J connectivity index is 1.10. The smallest absolute Gasteiger partial charge is 0.243 e. The van der Waals surface area contributed by atoms with Crippen LogP contribution in [0, 0.1) is 19.7 Å². The number of piperidine rings is 1. The van der Waals surface area contributed by atoms with Gasteiger partial charge < -0.3 is 24.0 Å². The minimum Gasteiger partial charge on any atom is -0.497 e. The second kappa shape index (κ2) is 14.4. The van der Waals surface area contributed by atoms with E-state index >= 15 is 0 Å². The van der Waals surface area contributed by atoms with Gasteiger partial charge in [-0.1, -0.05) is 12.1 Å². The maximum Gasteiger partial charge on any atom is 0.243 e. The summed E-state index contributed by atoms with van der Waals surface area (Å²) in [5.74, 6) is 1.33. The van der Waals surface area contributed by atoms with E-state index < -0.39 is 15.6 Å². The van der Waals surface area contributed by atoms with E-state index in [1.165, 1.54) is 18.9 Å². The number of halogens is 1. The molecule has 1 aromatic heterocycles. The molecule has 3 aromatic rings. The van der Waals surface area contributed by atoms with Crippen LogP contribution in [0.15, 0.2) is 53.6 Å². The fourth-order valence-electron chi connectivity index (χ4n) is 7.32. The van der Waals surface area contributed by atoms with Gasteiger partial charge in [0, 0.05) is 38.4 Å². The normalized spacial score (nSPS) is 20.5. The number of methoxy groups -OCH3 is 1. The summed E-state index contributed by atoms with van der Waals surface area (Å²) in [4.78, 5) is 14.1. The molecule has 3 saturated heterocycles. The molecular formula is C35H46FN5O5S. The molecule has 0 radical (unpaired) electrons. The lowest BCUT2D eigenvalue weighted by molar-refractivity contribution is -0.0727. The summed E-state index contributed by atoms with van der Waals surface area (Å²) in [5.41, 5.74) is 1.61. The molecule has 0 spiro atoms. The first kappa shape index (κ1) is 33.6. The number of sulfonamides is 1. The van der Waals surface area contributed by atoms with Crippen molar-refractivity contribution in [1.82, 2.24) is 19.2 Å². The lowest BCUT2D eigenvalue weighted by atomic mass is 9.84. The number of anilines is 1. The Morgan fingerprint density at radius 2 is 1.72 bits per heavy atom. The van der Waals surface area contributed by atoms with E-state index in [2.05, 4.69) is 14.8 Å². The van der Waals surface area contributed by atoms with Crippen molar-refractivity contribution in [2.75, 3.05) is 64.5 Å². The van der Waals surface area contributed by atoms with Crippen LogP contribution in [0.4, 0.5) is 10.3 Å². The summed E-state index contributed by atoms with van der Waals surface area (Å²) in [6.45, 7) is 9.20. The second-order valence-electron chi connectivity index (χ2n) is 12.9. The first-order chi connectivity index (χ1) is 22.7. The van der Waals surface area contributed by atoms with Crippen LogP contribution in [0.2, 0.25) is 0 Å². The van der Waals surface area contributed by atoms with Gasteiger partial charge in [0.2, 0.25) is 21.9 Å². The lowest BCUT2D eigenvalue weighted by Crippen LogP contribution is -2.46. The predicted molar refractivity (Wildman–Crippen MR) is 178 cm³/mol. The van der Waals surface area contributed by atoms with Gasteiger partial charge in [0.1, 0.15) is 18.2 Å². The van der Waals surface area contributed by atoms with Crippen molar-refractivity contribution in [3.05, 3.63) is 71.2 Å². The average Bonchev–Trinajstić information content (AvgIpc) is 3.77. The van der Waals surface area contributed by atoms with E-state index in [9.17, 15) is 12.8 Å². The Labute approximate surface area is 277 Å². The van der Waals surface area contributed by atoms with Crippen molar-refractivity contribution < 1.29 is 27.0 Å². The zero-order valence-electron chi connectivity index (χ0n) is 27.7. The Hall–Kier alpha value is -3.32. The molecular weight excluding hydrogens is 621 g/mol. The molecule has 0 saturated carbocycles. The highest BCUT2D eigenvalue weighted by atomic mass is 32.2. The molecule has 0 unspecified atom stereocenters. The fraction of sp³-hybridized carbons (Fsp3) is 0.543. The number of hydrogen-bond donors (Lipinski definition) is 0. The van der Waals surface area contributed by atoms with Crippen LogP contribution in [0.1, 0.15) is 55.2 Å². The second-order valence-corrected chi connectivity index (χ2v) is 14.7. The standard InChI is InChI=1S/C35H46FN5O5S/c1-26-22-31(44-3)23-27(2)33(26)47(42,43)41-17-7-10-30(41)25-45-32-11-14-37-34(38-32)40-18-12-35(13-19-40,28-8-6-9-29(36)24-28)46-21-20-39-15-4-5-16-39/h6,8-9,11,14,22-24,30H,4-5,7,10,12-13,15-21,25H2,1-3H3/t30-/m0/s1. The van der Waals surface area contributed by atoms with E-state index in [1.807, 2.05) is 6.07 Å². The van der Waals surface area contributed by atoms with Crippen LogP contribution in [-0.4, -0.2) is 93.2 Å². The molecule has 3 fully saturated rings. The molecule has 1 atom stereocenters. The highest BCUT2D eigenvalue weighted by Gasteiger charge is 2.39. The Bertz CT molecular complexity index is 1620. The van der Waals surface area contributed by atoms with Gasteiger partial charge in [0.15, 0.2) is 0 Å².